The number of hydrogen-bond donors (Lipinski definition) is 0. The van der Waals surface area contributed by atoms with Gasteiger partial charge < -0.3 is 4.74 Å². The van der Waals surface area contributed by atoms with Gasteiger partial charge in [-0.1, -0.05) is 31.6 Å². The maximum atomic E-state index is 11.4. The van der Waals surface area contributed by atoms with Gasteiger partial charge in [0, 0.05) is 0 Å². The van der Waals surface area contributed by atoms with Gasteiger partial charge in [0.25, 0.3) is 0 Å². The number of nitrogens with zero attached hydrogens (tertiary/aromatic N) is 2. The Labute approximate surface area is 144 Å². The number of aromatic nitrogens is 2. The molecule has 0 spiro atoms. The molecule has 0 amide bonds. The molecule has 24 heavy (non-hydrogen) atoms. The van der Waals surface area contributed by atoms with Crippen LogP contribution in [0.15, 0.2) is 41.3 Å². The molecule has 1 heterocycles. The van der Waals surface area contributed by atoms with Crippen LogP contribution in [-0.4, -0.2) is 23.0 Å². The second kappa shape index (κ2) is 7.56. The summed E-state index contributed by atoms with van der Waals surface area (Å²) in [5.74, 6) is -0.475. The summed E-state index contributed by atoms with van der Waals surface area (Å²) in [6.07, 6.45) is 13.0. The van der Waals surface area contributed by atoms with Gasteiger partial charge in [0.05, 0.1) is 25.2 Å². The van der Waals surface area contributed by atoms with Gasteiger partial charge in [-0.15, -0.1) is 0 Å². The third-order valence-corrected chi connectivity index (χ3v) is 4.50. The topological polar surface area (TPSA) is 52.1 Å². The molecule has 0 saturated carbocycles. The van der Waals surface area contributed by atoms with Crippen LogP contribution in [0.4, 0.5) is 0 Å². The molecule has 2 rings (SSSR count). The highest BCUT2D eigenvalue weighted by Gasteiger charge is 2.26. The Morgan fingerprint density at radius 2 is 2.04 bits per heavy atom. The molecule has 0 fully saturated rings. The summed E-state index contributed by atoms with van der Waals surface area (Å²) < 4.78 is 4.62. The van der Waals surface area contributed by atoms with E-state index >= 15 is 0 Å². The highest BCUT2D eigenvalue weighted by Crippen LogP contribution is 2.40. The zero-order chi connectivity index (χ0) is 17.7. The fourth-order valence-corrected chi connectivity index (χ4v) is 3.13. The summed E-state index contributed by atoms with van der Waals surface area (Å²) in [5, 5.41) is 0. The van der Waals surface area contributed by atoms with E-state index in [1.54, 1.807) is 6.20 Å². The predicted molar refractivity (Wildman–Crippen MR) is 96.5 cm³/mol. The molecule has 1 aromatic heterocycles. The lowest BCUT2D eigenvalue weighted by Crippen LogP contribution is -2.19. The van der Waals surface area contributed by atoms with E-state index in [4.69, 9.17) is 0 Å². The molecule has 1 aliphatic carbocycles. The van der Waals surface area contributed by atoms with Gasteiger partial charge in [-0.05, 0) is 55.7 Å². The Morgan fingerprint density at radius 1 is 1.29 bits per heavy atom. The molecule has 4 heteroatoms. The van der Waals surface area contributed by atoms with Gasteiger partial charge >= 0.3 is 5.97 Å². The van der Waals surface area contributed by atoms with E-state index in [0.29, 0.717) is 0 Å². The number of rotatable bonds is 4. The van der Waals surface area contributed by atoms with Gasteiger partial charge in [-0.2, -0.15) is 0 Å². The van der Waals surface area contributed by atoms with Crippen molar-refractivity contribution in [1.82, 2.24) is 9.97 Å². The zero-order valence-corrected chi connectivity index (χ0v) is 15.2. The van der Waals surface area contributed by atoms with Crippen molar-refractivity contribution < 1.29 is 9.53 Å². The van der Waals surface area contributed by atoms with Crippen molar-refractivity contribution in [2.75, 3.05) is 7.11 Å². The van der Waals surface area contributed by atoms with Gasteiger partial charge in [0.15, 0.2) is 5.69 Å². The zero-order valence-electron chi connectivity index (χ0n) is 15.2. The molecule has 0 aliphatic heterocycles. The normalized spacial score (nSPS) is 18.1. The van der Waals surface area contributed by atoms with Gasteiger partial charge in [0.2, 0.25) is 0 Å². The molecule has 0 saturated heterocycles. The van der Waals surface area contributed by atoms with E-state index in [2.05, 4.69) is 47.6 Å². The third-order valence-electron chi connectivity index (χ3n) is 4.50. The number of esters is 1. The molecular formula is C20H26N2O2. The minimum atomic E-state index is -0.475. The van der Waals surface area contributed by atoms with E-state index in [1.165, 1.54) is 43.7 Å². The van der Waals surface area contributed by atoms with Crippen molar-refractivity contribution in [2.24, 2.45) is 5.41 Å². The average molecular weight is 326 g/mol. The second-order valence-corrected chi connectivity index (χ2v) is 6.97. The second-order valence-electron chi connectivity index (χ2n) is 6.97. The van der Waals surface area contributed by atoms with Gasteiger partial charge in [-0.3, -0.25) is 4.98 Å². The first-order chi connectivity index (χ1) is 11.3. The molecule has 0 N–H and O–H groups in total. The van der Waals surface area contributed by atoms with Crippen molar-refractivity contribution in [3.63, 3.8) is 0 Å². The molecule has 0 atom stereocenters. The number of allylic oxidation sites excluding steroid dienone is 5. The standard InChI is InChI=1S/C20H26N2O2/c1-14(8-9-17-15(2)7-6-10-20(17,3)4)11-16-12-22-18(13-21-16)19(23)24-5/h8-9,11-13H,6-7,10H2,1-5H3/b9-8+,14-11+. The maximum Gasteiger partial charge on any atom is 0.358 e. The fourth-order valence-electron chi connectivity index (χ4n) is 3.13. The Balaban J connectivity index is 2.15. The molecule has 1 aliphatic rings. The molecule has 0 radical (unpaired) electrons. The van der Waals surface area contributed by atoms with Crippen LogP contribution in [0.2, 0.25) is 0 Å². The molecule has 0 unspecified atom stereocenters. The molecule has 1 aromatic rings. The first-order valence-electron chi connectivity index (χ1n) is 8.30. The Kier molecular flexibility index (Phi) is 5.71. The Hall–Kier alpha value is -2.23. The minimum Gasteiger partial charge on any atom is -0.464 e. The monoisotopic (exact) mass is 326 g/mol. The summed E-state index contributed by atoms with van der Waals surface area (Å²) >= 11 is 0. The average Bonchev–Trinajstić information content (AvgIpc) is 2.53. The number of carbonyl (C=O) groups excluding carboxylic acids is 1. The predicted octanol–water partition coefficient (Wildman–Crippen LogP) is 4.75. The van der Waals surface area contributed by atoms with Gasteiger partial charge in [0.1, 0.15) is 0 Å². The summed E-state index contributed by atoms with van der Waals surface area (Å²) in [7, 11) is 1.33. The number of ether oxygens (including phenoxy) is 1. The summed E-state index contributed by atoms with van der Waals surface area (Å²) in [6, 6.07) is 0. The molecule has 0 bridgehead atoms. The summed E-state index contributed by atoms with van der Waals surface area (Å²) in [4.78, 5) is 19.7. The fraction of sp³-hybridized carbons (Fsp3) is 0.450. The van der Waals surface area contributed by atoms with Crippen molar-refractivity contribution in [3.05, 3.63) is 52.7 Å². The van der Waals surface area contributed by atoms with Crippen molar-refractivity contribution in [3.8, 4) is 0 Å². The highest BCUT2D eigenvalue weighted by molar-refractivity contribution is 5.86. The smallest absolute Gasteiger partial charge is 0.358 e. The minimum absolute atomic E-state index is 0.215. The largest absolute Gasteiger partial charge is 0.464 e. The quantitative estimate of drug-likeness (QED) is 0.592. The molecular weight excluding hydrogens is 300 g/mol. The first kappa shape index (κ1) is 18.1. The van der Waals surface area contributed by atoms with Crippen LogP contribution < -0.4 is 0 Å². The van der Waals surface area contributed by atoms with Gasteiger partial charge in [-0.25, -0.2) is 9.78 Å². The van der Waals surface area contributed by atoms with Crippen LogP contribution in [-0.2, 0) is 4.74 Å². The third kappa shape index (κ3) is 4.40. The lowest BCUT2D eigenvalue weighted by Gasteiger charge is -2.32. The Morgan fingerprint density at radius 3 is 2.62 bits per heavy atom. The highest BCUT2D eigenvalue weighted by atomic mass is 16.5. The van der Waals surface area contributed by atoms with Crippen molar-refractivity contribution in [1.29, 1.82) is 0 Å². The maximum absolute atomic E-state index is 11.4. The van der Waals surface area contributed by atoms with E-state index in [9.17, 15) is 4.79 Å². The lowest BCUT2D eigenvalue weighted by atomic mass is 9.72. The molecule has 4 nitrogen and oxygen atoms in total. The number of hydrogen-bond acceptors (Lipinski definition) is 4. The SMILES string of the molecule is COC(=O)c1cnc(/C=C(C)/C=C/C2=C(C)CCCC2(C)C)cn1. The van der Waals surface area contributed by atoms with E-state index in [-0.39, 0.29) is 11.1 Å². The van der Waals surface area contributed by atoms with Crippen LogP contribution in [0.25, 0.3) is 6.08 Å². The first-order valence-corrected chi connectivity index (χ1v) is 8.30. The van der Waals surface area contributed by atoms with E-state index in [1.807, 2.05) is 13.0 Å². The van der Waals surface area contributed by atoms with Crippen LogP contribution >= 0.6 is 0 Å². The van der Waals surface area contributed by atoms with E-state index < -0.39 is 5.97 Å². The van der Waals surface area contributed by atoms with Crippen LogP contribution in [0, 0.1) is 5.41 Å². The number of carbonyl (C=O) groups is 1. The molecule has 128 valence electrons. The summed E-state index contributed by atoms with van der Waals surface area (Å²) in [6.45, 7) is 8.89. The van der Waals surface area contributed by atoms with Crippen LogP contribution in [0.3, 0.4) is 0 Å². The molecule has 0 aromatic carbocycles. The van der Waals surface area contributed by atoms with Crippen molar-refractivity contribution in [2.45, 2.75) is 47.0 Å². The lowest BCUT2D eigenvalue weighted by molar-refractivity contribution is 0.0593. The number of methoxy groups -OCH3 is 1. The van der Waals surface area contributed by atoms with Crippen LogP contribution in [0.1, 0.15) is 63.1 Å². The summed E-state index contributed by atoms with van der Waals surface area (Å²) in [5.41, 5.74) is 5.19. The Bertz CT molecular complexity index is 695. The van der Waals surface area contributed by atoms with E-state index in [0.717, 1.165) is 11.3 Å². The van der Waals surface area contributed by atoms with Crippen LogP contribution in [0.5, 0.6) is 0 Å². The van der Waals surface area contributed by atoms with Crippen molar-refractivity contribution >= 4 is 12.0 Å².